The Morgan fingerprint density at radius 1 is 1.21 bits per heavy atom. The maximum atomic E-state index is 6.06. The lowest BCUT2D eigenvalue weighted by molar-refractivity contribution is 0.416. The highest BCUT2D eigenvalue weighted by atomic mass is 35.5. The third-order valence-electron chi connectivity index (χ3n) is 3.33. The van der Waals surface area contributed by atoms with Crippen molar-refractivity contribution in [3.63, 3.8) is 0 Å². The van der Waals surface area contributed by atoms with Crippen molar-refractivity contribution >= 4 is 29.1 Å². The molecule has 102 valence electrons. The lowest BCUT2D eigenvalue weighted by Gasteiger charge is -2.11. The third kappa shape index (κ3) is 2.72. The summed E-state index contributed by atoms with van der Waals surface area (Å²) >= 11 is 12.0. The van der Waals surface area contributed by atoms with Crippen molar-refractivity contribution < 1.29 is 4.52 Å². The van der Waals surface area contributed by atoms with Crippen molar-refractivity contribution in [2.75, 3.05) is 5.73 Å². The van der Waals surface area contributed by atoms with Crippen LogP contribution in [0.4, 0.5) is 5.88 Å². The first kappa shape index (κ1) is 14.2. The zero-order valence-electron chi connectivity index (χ0n) is 10.9. The van der Waals surface area contributed by atoms with E-state index in [1.807, 2.05) is 6.07 Å². The molecular formula is C14H16Cl2N2O. The second-order valence-electron chi connectivity index (χ2n) is 4.45. The molecular weight excluding hydrogens is 283 g/mol. The summed E-state index contributed by atoms with van der Waals surface area (Å²) in [6.45, 7) is 4.25. The minimum Gasteiger partial charge on any atom is -0.367 e. The summed E-state index contributed by atoms with van der Waals surface area (Å²) in [4.78, 5) is 0. The van der Waals surface area contributed by atoms with Crippen LogP contribution in [0.15, 0.2) is 22.7 Å². The molecule has 1 aromatic carbocycles. The average Bonchev–Trinajstić information content (AvgIpc) is 2.77. The summed E-state index contributed by atoms with van der Waals surface area (Å²) in [6, 6.07) is 5.42. The molecule has 5 heteroatoms. The van der Waals surface area contributed by atoms with Crippen LogP contribution in [0.3, 0.4) is 0 Å². The number of hydrogen-bond acceptors (Lipinski definition) is 3. The molecule has 1 aromatic heterocycles. The van der Waals surface area contributed by atoms with E-state index in [1.54, 1.807) is 12.1 Å². The summed E-state index contributed by atoms with van der Waals surface area (Å²) < 4.78 is 5.16. The molecule has 0 saturated carbocycles. The number of aromatic nitrogens is 1. The topological polar surface area (TPSA) is 52.0 Å². The number of benzene rings is 1. The van der Waals surface area contributed by atoms with Crippen molar-refractivity contribution in [3.05, 3.63) is 33.9 Å². The maximum Gasteiger partial charge on any atom is 0.230 e. The first-order chi connectivity index (χ1) is 9.08. The summed E-state index contributed by atoms with van der Waals surface area (Å²) in [5.41, 5.74) is 8.50. The SMILES string of the molecule is CCC(CC)c1noc(N)c1-c1ccc(Cl)c(Cl)c1. The minimum atomic E-state index is 0.320. The lowest BCUT2D eigenvalue weighted by atomic mass is 9.93. The maximum absolute atomic E-state index is 6.06. The van der Waals surface area contributed by atoms with Gasteiger partial charge in [0.05, 0.1) is 21.3 Å². The van der Waals surface area contributed by atoms with Crippen molar-refractivity contribution in [1.29, 1.82) is 0 Å². The highest BCUT2D eigenvalue weighted by Crippen LogP contribution is 2.38. The number of rotatable bonds is 4. The van der Waals surface area contributed by atoms with Crippen LogP contribution in [0.1, 0.15) is 38.3 Å². The molecule has 0 unspecified atom stereocenters. The van der Waals surface area contributed by atoms with E-state index in [9.17, 15) is 0 Å². The Bertz CT molecular complexity index is 577. The first-order valence-corrected chi connectivity index (χ1v) is 7.04. The van der Waals surface area contributed by atoms with Crippen molar-refractivity contribution in [2.45, 2.75) is 32.6 Å². The van der Waals surface area contributed by atoms with Gasteiger partial charge >= 0.3 is 0 Å². The predicted molar refractivity (Wildman–Crippen MR) is 79.7 cm³/mol. The van der Waals surface area contributed by atoms with E-state index in [-0.39, 0.29) is 0 Å². The normalized spacial score (nSPS) is 11.2. The molecule has 0 aliphatic heterocycles. The third-order valence-corrected chi connectivity index (χ3v) is 4.06. The molecule has 2 aromatic rings. The molecule has 0 spiro atoms. The fourth-order valence-corrected chi connectivity index (χ4v) is 2.51. The molecule has 1 heterocycles. The van der Waals surface area contributed by atoms with Crippen LogP contribution >= 0.6 is 23.2 Å². The van der Waals surface area contributed by atoms with Crippen LogP contribution in [-0.4, -0.2) is 5.16 Å². The summed E-state index contributed by atoms with van der Waals surface area (Å²) in [7, 11) is 0. The van der Waals surface area contributed by atoms with Crippen LogP contribution in [0.5, 0.6) is 0 Å². The van der Waals surface area contributed by atoms with Gasteiger partial charge in [-0.1, -0.05) is 48.3 Å². The monoisotopic (exact) mass is 298 g/mol. The van der Waals surface area contributed by atoms with Gasteiger partial charge in [0.15, 0.2) is 0 Å². The van der Waals surface area contributed by atoms with E-state index in [1.165, 1.54) is 0 Å². The molecule has 2 rings (SSSR count). The molecule has 0 radical (unpaired) electrons. The second-order valence-corrected chi connectivity index (χ2v) is 5.26. The number of halogens is 2. The Hall–Kier alpha value is -1.19. The highest BCUT2D eigenvalue weighted by molar-refractivity contribution is 6.42. The first-order valence-electron chi connectivity index (χ1n) is 6.28. The van der Waals surface area contributed by atoms with E-state index < -0.39 is 0 Å². The smallest absolute Gasteiger partial charge is 0.230 e. The van der Waals surface area contributed by atoms with E-state index in [4.69, 9.17) is 33.5 Å². The predicted octanol–water partition coefficient (Wildman–Crippen LogP) is 5.13. The van der Waals surface area contributed by atoms with Gasteiger partial charge in [-0.2, -0.15) is 0 Å². The summed E-state index contributed by atoms with van der Waals surface area (Å²) in [5, 5.41) is 5.12. The zero-order valence-corrected chi connectivity index (χ0v) is 12.4. The number of nitrogens with zero attached hydrogens (tertiary/aromatic N) is 1. The molecule has 0 aliphatic carbocycles. The molecule has 0 aliphatic rings. The number of hydrogen-bond donors (Lipinski definition) is 1. The van der Waals surface area contributed by atoms with Gasteiger partial charge in [-0.15, -0.1) is 0 Å². The van der Waals surface area contributed by atoms with Crippen LogP contribution in [0, 0.1) is 0 Å². The molecule has 3 nitrogen and oxygen atoms in total. The highest BCUT2D eigenvalue weighted by Gasteiger charge is 2.21. The average molecular weight is 299 g/mol. The number of nitrogens with two attached hydrogens (primary N) is 1. The quantitative estimate of drug-likeness (QED) is 0.851. The Balaban J connectivity index is 2.54. The van der Waals surface area contributed by atoms with E-state index in [0.29, 0.717) is 21.8 Å². The lowest BCUT2D eigenvalue weighted by Crippen LogP contribution is -1.99. The zero-order chi connectivity index (χ0) is 14.0. The molecule has 2 N–H and O–H groups in total. The van der Waals surface area contributed by atoms with Gasteiger partial charge in [-0.05, 0) is 30.5 Å². The Kier molecular flexibility index (Phi) is 4.38. The number of anilines is 1. The summed E-state index contributed by atoms with van der Waals surface area (Å²) in [6.07, 6.45) is 1.97. The molecule has 19 heavy (non-hydrogen) atoms. The van der Waals surface area contributed by atoms with Gasteiger partial charge in [0.25, 0.3) is 0 Å². The number of nitrogen functional groups attached to an aromatic ring is 1. The van der Waals surface area contributed by atoms with Crippen LogP contribution < -0.4 is 5.73 Å². The molecule has 0 saturated heterocycles. The molecule has 0 amide bonds. The van der Waals surface area contributed by atoms with Crippen molar-refractivity contribution in [1.82, 2.24) is 5.16 Å². The fraction of sp³-hybridized carbons (Fsp3) is 0.357. The van der Waals surface area contributed by atoms with Crippen LogP contribution in [-0.2, 0) is 0 Å². The minimum absolute atomic E-state index is 0.320. The Labute approximate surface area is 122 Å². The Morgan fingerprint density at radius 2 is 1.89 bits per heavy atom. The van der Waals surface area contributed by atoms with E-state index in [2.05, 4.69) is 19.0 Å². The molecule has 0 fully saturated rings. The fourth-order valence-electron chi connectivity index (χ4n) is 2.21. The second kappa shape index (κ2) is 5.85. The van der Waals surface area contributed by atoms with Crippen LogP contribution in [0.25, 0.3) is 11.1 Å². The standard InChI is InChI=1S/C14H16Cl2N2O/c1-3-8(4-2)13-12(14(17)19-18-13)9-5-6-10(15)11(16)7-9/h5-8H,3-4,17H2,1-2H3. The van der Waals surface area contributed by atoms with E-state index in [0.717, 1.165) is 29.7 Å². The van der Waals surface area contributed by atoms with Gasteiger partial charge in [-0.3, -0.25) is 0 Å². The van der Waals surface area contributed by atoms with Gasteiger partial charge in [0.1, 0.15) is 0 Å². The van der Waals surface area contributed by atoms with Gasteiger partial charge in [0.2, 0.25) is 5.88 Å². The molecule has 0 bridgehead atoms. The summed E-state index contributed by atoms with van der Waals surface area (Å²) in [5.74, 6) is 0.644. The molecule has 0 atom stereocenters. The Morgan fingerprint density at radius 3 is 2.47 bits per heavy atom. The van der Waals surface area contributed by atoms with E-state index >= 15 is 0 Å². The van der Waals surface area contributed by atoms with Crippen LogP contribution in [0.2, 0.25) is 10.0 Å². The van der Waals surface area contributed by atoms with Gasteiger partial charge in [0, 0.05) is 5.92 Å². The van der Waals surface area contributed by atoms with Crippen molar-refractivity contribution in [2.24, 2.45) is 0 Å². The van der Waals surface area contributed by atoms with Gasteiger partial charge in [-0.25, -0.2) is 0 Å². The van der Waals surface area contributed by atoms with Gasteiger partial charge < -0.3 is 10.3 Å². The largest absolute Gasteiger partial charge is 0.367 e. The van der Waals surface area contributed by atoms with Crippen molar-refractivity contribution in [3.8, 4) is 11.1 Å².